The molecule has 0 fully saturated rings. The number of carbonyl (C=O) groups excluding carboxylic acids is 2. The van der Waals surface area contributed by atoms with Crippen molar-refractivity contribution in [3.05, 3.63) is 35.8 Å². The van der Waals surface area contributed by atoms with Gasteiger partial charge < -0.3 is 20.5 Å². The molecular weight excluding hydrogens is 292 g/mol. The van der Waals surface area contributed by atoms with Crippen LogP contribution in [0.3, 0.4) is 0 Å². The van der Waals surface area contributed by atoms with Gasteiger partial charge in [-0.1, -0.05) is 12.2 Å². The summed E-state index contributed by atoms with van der Waals surface area (Å²) in [7, 11) is 1.29. The molecule has 1 amide bonds. The van der Waals surface area contributed by atoms with E-state index in [1.54, 1.807) is 36.1 Å². The first-order valence-corrected chi connectivity index (χ1v) is 7.86. The zero-order valence-corrected chi connectivity index (χ0v) is 12.9. The first-order chi connectivity index (χ1) is 10.1. The number of aliphatic hydroxyl groups is 1. The van der Waals surface area contributed by atoms with Crippen molar-refractivity contribution in [3.8, 4) is 0 Å². The summed E-state index contributed by atoms with van der Waals surface area (Å²) < 4.78 is 4.66. The maximum atomic E-state index is 11.8. The number of thioether (sulfide) groups is 1. The minimum absolute atomic E-state index is 0.0751. The average molecular weight is 312 g/mol. The van der Waals surface area contributed by atoms with Crippen molar-refractivity contribution in [3.63, 3.8) is 0 Å². The van der Waals surface area contributed by atoms with Crippen LogP contribution in [0.5, 0.6) is 0 Å². The SMILES string of the molecule is COC(=O)[C@H](CCSC)NC(=O)CNC(O)=C1C=CC=C1. The molecule has 0 bridgehead atoms. The Morgan fingerprint density at radius 3 is 2.62 bits per heavy atom. The first-order valence-electron chi connectivity index (χ1n) is 6.46. The van der Waals surface area contributed by atoms with Crippen LogP contribution in [0.1, 0.15) is 6.42 Å². The van der Waals surface area contributed by atoms with Crippen LogP contribution >= 0.6 is 11.8 Å². The van der Waals surface area contributed by atoms with E-state index in [2.05, 4.69) is 15.4 Å². The van der Waals surface area contributed by atoms with Crippen LogP contribution in [0.4, 0.5) is 0 Å². The van der Waals surface area contributed by atoms with E-state index in [1.807, 2.05) is 6.26 Å². The molecule has 1 aliphatic rings. The van der Waals surface area contributed by atoms with Crippen LogP contribution in [-0.4, -0.2) is 48.7 Å². The predicted octanol–water partition coefficient (Wildman–Crippen LogP) is 0.883. The second-order valence-corrected chi connectivity index (χ2v) is 5.29. The van der Waals surface area contributed by atoms with Crippen LogP contribution in [0, 0.1) is 0 Å². The third kappa shape index (κ3) is 5.95. The zero-order chi connectivity index (χ0) is 15.7. The lowest BCUT2D eigenvalue weighted by atomic mass is 10.2. The summed E-state index contributed by atoms with van der Waals surface area (Å²) in [5.74, 6) is -0.196. The van der Waals surface area contributed by atoms with Crippen LogP contribution in [0.25, 0.3) is 0 Å². The number of nitrogens with one attached hydrogen (secondary N) is 2. The van der Waals surface area contributed by atoms with Gasteiger partial charge >= 0.3 is 5.97 Å². The molecule has 0 heterocycles. The lowest BCUT2D eigenvalue weighted by Crippen LogP contribution is -2.45. The van der Waals surface area contributed by atoms with Gasteiger partial charge in [0.1, 0.15) is 6.04 Å². The van der Waals surface area contributed by atoms with Crippen LogP contribution in [0.2, 0.25) is 0 Å². The van der Waals surface area contributed by atoms with E-state index < -0.39 is 12.0 Å². The molecule has 0 aromatic heterocycles. The van der Waals surface area contributed by atoms with Gasteiger partial charge in [-0.3, -0.25) is 4.79 Å². The number of allylic oxidation sites excluding steroid dienone is 5. The Morgan fingerprint density at radius 1 is 1.38 bits per heavy atom. The van der Waals surface area contributed by atoms with Gasteiger partial charge in [0.05, 0.1) is 13.7 Å². The average Bonchev–Trinajstić information content (AvgIpc) is 3.02. The van der Waals surface area contributed by atoms with E-state index in [4.69, 9.17) is 0 Å². The molecule has 1 atom stereocenters. The van der Waals surface area contributed by atoms with Crippen molar-refractivity contribution in [1.82, 2.24) is 10.6 Å². The molecule has 0 saturated carbocycles. The van der Waals surface area contributed by atoms with Crippen molar-refractivity contribution < 1.29 is 19.4 Å². The Bertz CT molecular complexity index is 458. The van der Waals surface area contributed by atoms with E-state index in [-0.39, 0.29) is 18.3 Å². The van der Waals surface area contributed by atoms with Crippen molar-refractivity contribution >= 4 is 23.6 Å². The lowest BCUT2D eigenvalue weighted by molar-refractivity contribution is -0.145. The number of hydrogen-bond donors (Lipinski definition) is 3. The third-order valence-electron chi connectivity index (χ3n) is 2.78. The van der Waals surface area contributed by atoms with E-state index in [0.29, 0.717) is 12.0 Å². The normalized spacial score (nSPS) is 13.9. The van der Waals surface area contributed by atoms with Crippen molar-refractivity contribution in [1.29, 1.82) is 0 Å². The van der Waals surface area contributed by atoms with Gasteiger partial charge in [-0.15, -0.1) is 0 Å². The molecule has 0 aromatic rings. The number of ether oxygens (including phenoxy) is 1. The van der Waals surface area contributed by atoms with E-state index >= 15 is 0 Å². The van der Waals surface area contributed by atoms with Crippen LogP contribution in [-0.2, 0) is 14.3 Å². The second kappa shape index (κ2) is 9.12. The number of hydrogen-bond acceptors (Lipinski definition) is 6. The highest BCUT2D eigenvalue weighted by molar-refractivity contribution is 7.98. The van der Waals surface area contributed by atoms with Crippen LogP contribution < -0.4 is 10.6 Å². The zero-order valence-electron chi connectivity index (χ0n) is 12.1. The summed E-state index contributed by atoms with van der Waals surface area (Å²) in [6.45, 7) is -0.121. The summed E-state index contributed by atoms with van der Waals surface area (Å²) in [4.78, 5) is 23.4. The summed E-state index contributed by atoms with van der Waals surface area (Å²) in [6.07, 6.45) is 9.42. The van der Waals surface area contributed by atoms with Gasteiger partial charge in [-0.2, -0.15) is 11.8 Å². The molecule has 116 valence electrons. The minimum Gasteiger partial charge on any atom is -0.494 e. The Labute approximate surface area is 128 Å². The number of rotatable bonds is 8. The van der Waals surface area contributed by atoms with Gasteiger partial charge in [0.15, 0.2) is 5.88 Å². The van der Waals surface area contributed by atoms with E-state index in [9.17, 15) is 14.7 Å². The molecule has 1 aliphatic carbocycles. The predicted molar refractivity (Wildman–Crippen MR) is 82.9 cm³/mol. The largest absolute Gasteiger partial charge is 0.494 e. The molecule has 0 aromatic carbocycles. The van der Waals surface area contributed by atoms with Crippen molar-refractivity contribution in [2.45, 2.75) is 12.5 Å². The molecule has 0 aliphatic heterocycles. The molecule has 6 nitrogen and oxygen atoms in total. The smallest absolute Gasteiger partial charge is 0.328 e. The summed E-state index contributed by atoms with van der Waals surface area (Å²) in [5, 5.41) is 14.9. The van der Waals surface area contributed by atoms with Gasteiger partial charge in [0, 0.05) is 5.57 Å². The quantitative estimate of drug-likeness (QED) is 0.455. The summed E-state index contributed by atoms with van der Waals surface area (Å²) >= 11 is 1.58. The molecule has 3 N–H and O–H groups in total. The molecule has 0 saturated heterocycles. The van der Waals surface area contributed by atoms with Gasteiger partial charge in [0.25, 0.3) is 0 Å². The highest BCUT2D eigenvalue weighted by Gasteiger charge is 2.20. The molecule has 0 unspecified atom stereocenters. The van der Waals surface area contributed by atoms with Gasteiger partial charge in [-0.25, -0.2) is 4.79 Å². The highest BCUT2D eigenvalue weighted by Crippen LogP contribution is 2.09. The Kier molecular flexibility index (Phi) is 7.45. The first kappa shape index (κ1) is 17.2. The second-order valence-electron chi connectivity index (χ2n) is 4.30. The van der Waals surface area contributed by atoms with Crippen molar-refractivity contribution in [2.75, 3.05) is 25.7 Å². The molecule has 0 spiro atoms. The number of aliphatic hydroxyl groups excluding tert-OH is 1. The van der Waals surface area contributed by atoms with Gasteiger partial charge in [0.2, 0.25) is 5.91 Å². The molecule has 21 heavy (non-hydrogen) atoms. The molecule has 1 rings (SSSR count). The molecule has 7 heteroatoms. The Hall–Kier alpha value is -1.89. The number of methoxy groups -OCH3 is 1. The lowest BCUT2D eigenvalue weighted by Gasteiger charge is -2.16. The van der Waals surface area contributed by atoms with Gasteiger partial charge in [-0.05, 0) is 30.6 Å². The fourth-order valence-corrected chi connectivity index (χ4v) is 2.14. The Balaban J connectivity index is 2.46. The van der Waals surface area contributed by atoms with Crippen LogP contribution in [0.15, 0.2) is 35.8 Å². The number of amides is 1. The van der Waals surface area contributed by atoms with E-state index in [1.165, 1.54) is 7.11 Å². The fraction of sp³-hybridized carbons (Fsp3) is 0.429. The summed E-state index contributed by atoms with van der Waals surface area (Å²) in [5.41, 5.74) is 0.606. The number of esters is 1. The topological polar surface area (TPSA) is 87.7 Å². The highest BCUT2D eigenvalue weighted by atomic mass is 32.2. The maximum Gasteiger partial charge on any atom is 0.328 e. The minimum atomic E-state index is -0.669. The van der Waals surface area contributed by atoms with Crippen molar-refractivity contribution in [2.24, 2.45) is 0 Å². The molecule has 0 radical (unpaired) electrons. The standard InChI is InChI=1S/C14H20N2O4S/c1-20-14(19)11(7-8-21-2)16-12(17)9-15-13(18)10-5-3-4-6-10/h3-6,11,15,18H,7-9H2,1-2H3,(H,16,17)/t11-/m0/s1. The Morgan fingerprint density at radius 2 is 2.05 bits per heavy atom. The number of carbonyl (C=O) groups is 2. The maximum absolute atomic E-state index is 11.8. The third-order valence-corrected chi connectivity index (χ3v) is 3.43. The van der Waals surface area contributed by atoms with E-state index in [0.717, 1.165) is 5.75 Å². The molecular formula is C14H20N2O4S. The fourth-order valence-electron chi connectivity index (χ4n) is 1.67. The monoisotopic (exact) mass is 312 g/mol. The summed E-state index contributed by atoms with van der Waals surface area (Å²) in [6, 6.07) is -0.669.